The van der Waals surface area contributed by atoms with Gasteiger partial charge in [0.1, 0.15) is 5.75 Å². The summed E-state index contributed by atoms with van der Waals surface area (Å²) in [4.78, 5) is 7.34. The Hall–Kier alpha value is -2.16. The fourth-order valence-corrected chi connectivity index (χ4v) is 5.96. The van der Waals surface area contributed by atoms with E-state index in [2.05, 4.69) is 15.7 Å². The van der Waals surface area contributed by atoms with Crippen LogP contribution in [-0.4, -0.2) is 39.6 Å². The van der Waals surface area contributed by atoms with Crippen LogP contribution in [0.2, 0.25) is 0 Å². The first-order chi connectivity index (χ1) is 14.5. The van der Waals surface area contributed by atoms with Crippen LogP contribution in [0.3, 0.4) is 0 Å². The van der Waals surface area contributed by atoms with Gasteiger partial charge >= 0.3 is 0 Å². The minimum atomic E-state index is -3.53. The summed E-state index contributed by atoms with van der Waals surface area (Å²) < 4.78 is 34.9. The highest BCUT2D eigenvalue weighted by atomic mass is 32.2. The van der Waals surface area contributed by atoms with Crippen molar-refractivity contribution < 1.29 is 13.2 Å². The van der Waals surface area contributed by atoms with E-state index in [1.807, 2.05) is 32.0 Å². The van der Waals surface area contributed by atoms with E-state index >= 15 is 0 Å². The summed E-state index contributed by atoms with van der Waals surface area (Å²) >= 11 is 1.72. The van der Waals surface area contributed by atoms with Gasteiger partial charge in [0, 0.05) is 19.6 Å². The van der Waals surface area contributed by atoms with Crippen LogP contribution in [0.15, 0.2) is 47.4 Å². The lowest BCUT2D eigenvalue weighted by atomic mass is 9.97. The SMILES string of the molecule is CCOc1ccc(S(=O)(=O)NCC2CCN(c3nc4ccccc4s3)CC2)cc1C. The minimum Gasteiger partial charge on any atom is -0.494 e. The van der Waals surface area contributed by atoms with Gasteiger partial charge in [-0.2, -0.15) is 0 Å². The quantitative estimate of drug-likeness (QED) is 0.590. The molecule has 1 aliphatic rings. The van der Waals surface area contributed by atoms with Crippen molar-refractivity contribution >= 4 is 36.7 Å². The number of nitrogens with one attached hydrogen (secondary N) is 1. The molecule has 0 unspecified atom stereocenters. The van der Waals surface area contributed by atoms with Crippen molar-refractivity contribution in [1.29, 1.82) is 0 Å². The lowest BCUT2D eigenvalue weighted by Gasteiger charge is -2.31. The molecule has 1 saturated heterocycles. The first-order valence-electron chi connectivity index (χ1n) is 10.3. The van der Waals surface area contributed by atoms with E-state index in [0.717, 1.165) is 47.9 Å². The highest BCUT2D eigenvalue weighted by Gasteiger charge is 2.24. The molecule has 0 spiro atoms. The molecule has 0 saturated carbocycles. The number of hydrogen-bond donors (Lipinski definition) is 1. The third-order valence-corrected chi connectivity index (χ3v) is 8.00. The molecule has 2 aromatic carbocycles. The summed E-state index contributed by atoms with van der Waals surface area (Å²) in [6.45, 7) is 6.58. The van der Waals surface area contributed by atoms with Crippen LogP contribution in [0.1, 0.15) is 25.3 Å². The van der Waals surface area contributed by atoms with E-state index < -0.39 is 10.0 Å². The largest absolute Gasteiger partial charge is 0.494 e. The van der Waals surface area contributed by atoms with Crippen LogP contribution in [-0.2, 0) is 10.0 Å². The first-order valence-corrected chi connectivity index (χ1v) is 12.6. The predicted octanol–water partition coefficient (Wildman–Crippen LogP) is 4.20. The molecule has 0 aliphatic carbocycles. The first kappa shape index (κ1) is 21.1. The maximum absolute atomic E-state index is 12.7. The predicted molar refractivity (Wildman–Crippen MR) is 122 cm³/mol. The van der Waals surface area contributed by atoms with E-state index in [1.54, 1.807) is 29.5 Å². The average molecular weight is 446 g/mol. The standard InChI is InChI=1S/C22H27N3O3S2/c1-3-28-20-9-8-18(14-16(20)2)30(26,27)23-15-17-10-12-25(13-11-17)22-24-19-6-4-5-7-21(19)29-22/h4-9,14,17,23H,3,10-13,15H2,1-2H3. The van der Waals surface area contributed by atoms with E-state index in [-0.39, 0.29) is 4.90 Å². The molecule has 0 radical (unpaired) electrons. The number of piperidine rings is 1. The van der Waals surface area contributed by atoms with Crippen LogP contribution in [0.25, 0.3) is 10.2 Å². The second kappa shape index (κ2) is 8.91. The molecule has 0 atom stereocenters. The molecular weight excluding hydrogens is 418 g/mol. The highest BCUT2D eigenvalue weighted by Crippen LogP contribution is 2.31. The lowest BCUT2D eigenvalue weighted by molar-refractivity contribution is 0.337. The third-order valence-electron chi connectivity index (χ3n) is 5.49. The summed E-state index contributed by atoms with van der Waals surface area (Å²) in [6.07, 6.45) is 1.89. The summed E-state index contributed by atoms with van der Waals surface area (Å²) in [6, 6.07) is 13.2. The summed E-state index contributed by atoms with van der Waals surface area (Å²) in [5.41, 5.74) is 1.86. The molecule has 0 amide bonds. The van der Waals surface area contributed by atoms with Gasteiger partial charge in [0.05, 0.1) is 21.7 Å². The fraction of sp³-hybridized carbons (Fsp3) is 0.409. The number of para-hydroxylation sites is 1. The van der Waals surface area contributed by atoms with Crippen LogP contribution in [0.5, 0.6) is 5.75 Å². The van der Waals surface area contributed by atoms with Gasteiger partial charge < -0.3 is 9.64 Å². The smallest absolute Gasteiger partial charge is 0.240 e. The molecule has 0 bridgehead atoms. The Morgan fingerprint density at radius 3 is 2.67 bits per heavy atom. The monoisotopic (exact) mass is 445 g/mol. The molecule has 8 heteroatoms. The Morgan fingerprint density at radius 2 is 1.97 bits per heavy atom. The maximum atomic E-state index is 12.7. The van der Waals surface area contributed by atoms with Gasteiger partial charge in [-0.1, -0.05) is 23.5 Å². The van der Waals surface area contributed by atoms with Crippen LogP contribution in [0.4, 0.5) is 5.13 Å². The summed E-state index contributed by atoms with van der Waals surface area (Å²) in [5, 5.41) is 1.06. The van der Waals surface area contributed by atoms with E-state index in [0.29, 0.717) is 19.1 Å². The van der Waals surface area contributed by atoms with Crippen molar-refractivity contribution in [1.82, 2.24) is 9.71 Å². The number of nitrogens with zero attached hydrogens (tertiary/aromatic N) is 2. The average Bonchev–Trinajstić information content (AvgIpc) is 3.18. The number of aryl methyl sites for hydroxylation is 1. The van der Waals surface area contributed by atoms with Crippen LogP contribution >= 0.6 is 11.3 Å². The van der Waals surface area contributed by atoms with Crippen LogP contribution < -0.4 is 14.4 Å². The molecule has 6 nitrogen and oxygen atoms in total. The van der Waals surface area contributed by atoms with E-state index in [1.165, 1.54) is 4.70 Å². The van der Waals surface area contributed by atoms with Crippen molar-refractivity contribution in [2.24, 2.45) is 5.92 Å². The molecule has 160 valence electrons. The van der Waals surface area contributed by atoms with Crippen molar-refractivity contribution in [2.45, 2.75) is 31.6 Å². The van der Waals surface area contributed by atoms with Gasteiger partial charge in [0.15, 0.2) is 5.13 Å². The zero-order valence-electron chi connectivity index (χ0n) is 17.3. The van der Waals surface area contributed by atoms with Crippen molar-refractivity contribution in [2.75, 3.05) is 31.1 Å². The highest BCUT2D eigenvalue weighted by molar-refractivity contribution is 7.89. The molecule has 1 fully saturated rings. The molecule has 4 rings (SSSR count). The summed E-state index contributed by atoms with van der Waals surface area (Å²) in [7, 11) is -3.53. The van der Waals surface area contributed by atoms with Gasteiger partial charge in [-0.25, -0.2) is 18.1 Å². The Morgan fingerprint density at radius 1 is 1.20 bits per heavy atom. The molecule has 1 aromatic heterocycles. The lowest BCUT2D eigenvalue weighted by Crippen LogP contribution is -2.38. The Bertz CT molecular complexity index is 1090. The Labute approximate surface area is 181 Å². The molecule has 2 heterocycles. The van der Waals surface area contributed by atoms with Crippen LogP contribution in [0, 0.1) is 12.8 Å². The fourth-order valence-electron chi connectivity index (χ4n) is 3.74. The number of rotatable bonds is 7. The normalized spacial score (nSPS) is 15.6. The second-order valence-corrected chi connectivity index (χ2v) is 10.4. The van der Waals surface area contributed by atoms with E-state index in [9.17, 15) is 8.42 Å². The van der Waals surface area contributed by atoms with Gasteiger partial charge in [-0.3, -0.25) is 0 Å². The van der Waals surface area contributed by atoms with Gasteiger partial charge in [-0.15, -0.1) is 0 Å². The number of hydrogen-bond acceptors (Lipinski definition) is 6. The molecular formula is C22H27N3O3S2. The second-order valence-electron chi connectivity index (χ2n) is 7.61. The molecule has 1 N–H and O–H groups in total. The molecule has 30 heavy (non-hydrogen) atoms. The topological polar surface area (TPSA) is 71.5 Å². The Balaban J connectivity index is 1.33. The number of anilines is 1. The van der Waals surface area contributed by atoms with Gasteiger partial charge in [0.25, 0.3) is 0 Å². The Kier molecular flexibility index (Phi) is 6.26. The molecule has 3 aromatic rings. The number of fused-ring (bicyclic) bond motifs is 1. The number of aromatic nitrogens is 1. The number of thiazole rings is 1. The van der Waals surface area contributed by atoms with Crippen molar-refractivity contribution in [3.05, 3.63) is 48.0 Å². The van der Waals surface area contributed by atoms with Gasteiger partial charge in [-0.05, 0) is 68.5 Å². The number of ether oxygens (including phenoxy) is 1. The zero-order valence-corrected chi connectivity index (χ0v) is 18.9. The number of sulfonamides is 1. The maximum Gasteiger partial charge on any atom is 0.240 e. The van der Waals surface area contributed by atoms with Gasteiger partial charge in [0.2, 0.25) is 10.0 Å². The molecule has 1 aliphatic heterocycles. The van der Waals surface area contributed by atoms with Crippen molar-refractivity contribution in [3.8, 4) is 5.75 Å². The van der Waals surface area contributed by atoms with E-state index in [4.69, 9.17) is 9.72 Å². The zero-order chi connectivity index (χ0) is 21.1. The van der Waals surface area contributed by atoms with Crippen molar-refractivity contribution in [3.63, 3.8) is 0 Å². The minimum absolute atomic E-state index is 0.287. The summed E-state index contributed by atoms with van der Waals surface area (Å²) in [5.74, 6) is 1.05. The third kappa shape index (κ3) is 4.61. The number of benzene rings is 2.